The number of thiophene rings is 1. The number of alkyl halides is 1. The SMILES string of the molecule is ClCC1(CCc2cccs2)CC2CCC1C2. The lowest BCUT2D eigenvalue weighted by molar-refractivity contribution is 0.179. The van der Waals surface area contributed by atoms with Crippen LogP contribution >= 0.6 is 22.9 Å². The number of hydrogen-bond acceptors (Lipinski definition) is 1. The summed E-state index contributed by atoms with van der Waals surface area (Å²) < 4.78 is 0. The highest BCUT2D eigenvalue weighted by Gasteiger charge is 2.49. The first-order valence-electron chi connectivity index (χ1n) is 6.41. The van der Waals surface area contributed by atoms with Crippen LogP contribution in [0.15, 0.2) is 17.5 Å². The van der Waals surface area contributed by atoms with Crippen molar-refractivity contribution in [3.8, 4) is 0 Å². The Balaban J connectivity index is 1.67. The van der Waals surface area contributed by atoms with Crippen LogP contribution in [0.3, 0.4) is 0 Å². The highest BCUT2D eigenvalue weighted by molar-refractivity contribution is 7.09. The molecule has 16 heavy (non-hydrogen) atoms. The molecule has 2 aliphatic rings. The molecule has 0 saturated heterocycles. The van der Waals surface area contributed by atoms with Crippen molar-refractivity contribution in [2.75, 3.05) is 5.88 Å². The molecule has 0 N–H and O–H groups in total. The van der Waals surface area contributed by atoms with Gasteiger partial charge in [-0.1, -0.05) is 12.5 Å². The van der Waals surface area contributed by atoms with E-state index in [1.54, 1.807) is 0 Å². The molecule has 3 rings (SSSR count). The molecule has 0 aliphatic heterocycles. The smallest absolute Gasteiger partial charge is 0.0282 e. The second-order valence-electron chi connectivity index (χ2n) is 5.66. The van der Waals surface area contributed by atoms with E-state index in [4.69, 9.17) is 11.6 Å². The van der Waals surface area contributed by atoms with E-state index < -0.39 is 0 Å². The van der Waals surface area contributed by atoms with Crippen molar-refractivity contribution in [3.05, 3.63) is 22.4 Å². The molecule has 1 aromatic heterocycles. The maximum absolute atomic E-state index is 6.30. The fourth-order valence-electron chi connectivity index (χ4n) is 3.92. The molecule has 0 aromatic carbocycles. The Hall–Kier alpha value is -0.0100. The van der Waals surface area contributed by atoms with Crippen LogP contribution in [0.25, 0.3) is 0 Å². The van der Waals surface area contributed by atoms with Crippen molar-refractivity contribution in [2.45, 2.75) is 38.5 Å². The molecule has 2 saturated carbocycles. The van der Waals surface area contributed by atoms with Gasteiger partial charge >= 0.3 is 0 Å². The summed E-state index contributed by atoms with van der Waals surface area (Å²) >= 11 is 8.19. The van der Waals surface area contributed by atoms with E-state index in [0.717, 1.165) is 17.7 Å². The van der Waals surface area contributed by atoms with E-state index in [1.807, 2.05) is 11.3 Å². The monoisotopic (exact) mass is 254 g/mol. The quantitative estimate of drug-likeness (QED) is 0.682. The Labute approximate surface area is 107 Å². The van der Waals surface area contributed by atoms with Gasteiger partial charge in [0.1, 0.15) is 0 Å². The summed E-state index contributed by atoms with van der Waals surface area (Å²) in [5.41, 5.74) is 0.495. The zero-order chi connectivity index (χ0) is 11.0. The van der Waals surface area contributed by atoms with E-state index in [9.17, 15) is 0 Å². The maximum atomic E-state index is 6.30. The Bertz CT molecular complexity index is 346. The van der Waals surface area contributed by atoms with Gasteiger partial charge in [-0.3, -0.25) is 0 Å². The predicted molar refractivity (Wildman–Crippen MR) is 71.2 cm³/mol. The number of fused-ring (bicyclic) bond motifs is 2. The van der Waals surface area contributed by atoms with Gasteiger partial charge in [0.2, 0.25) is 0 Å². The second kappa shape index (κ2) is 4.34. The van der Waals surface area contributed by atoms with Crippen LogP contribution in [-0.4, -0.2) is 5.88 Å². The van der Waals surface area contributed by atoms with Crippen LogP contribution in [0.1, 0.15) is 37.0 Å². The average molecular weight is 255 g/mol. The third-order valence-electron chi connectivity index (χ3n) is 4.82. The van der Waals surface area contributed by atoms with Crippen LogP contribution in [0.5, 0.6) is 0 Å². The number of aryl methyl sites for hydroxylation is 1. The van der Waals surface area contributed by atoms with Crippen molar-refractivity contribution >= 4 is 22.9 Å². The minimum atomic E-state index is 0.495. The van der Waals surface area contributed by atoms with Gasteiger partial charge in [0.25, 0.3) is 0 Å². The van der Waals surface area contributed by atoms with Gasteiger partial charge in [0.05, 0.1) is 0 Å². The van der Waals surface area contributed by atoms with E-state index >= 15 is 0 Å². The minimum absolute atomic E-state index is 0.495. The van der Waals surface area contributed by atoms with Gasteiger partial charge in [-0.2, -0.15) is 0 Å². The van der Waals surface area contributed by atoms with Crippen LogP contribution in [-0.2, 0) is 6.42 Å². The summed E-state index contributed by atoms with van der Waals surface area (Å²) in [7, 11) is 0. The molecule has 3 atom stereocenters. The lowest BCUT2D eigenvalue weighted by Gasteiger charge is -2.36. The molecule has 0 spiro atoms. The lowest BCUT2D eigenvalue weighted by atomic mass is 9.71. The minimum Gasteiger partial charge on any atom is -0.149 e. The highest BCUT2D eigenvalue weighted by atomic mass is 35.5. The molecule has 2 heteroatoms. The molecule has 1 heterocycles. The Morgan fingerprint density at radius 3 is 2.94 bits per heavy atom. The van der Waals surface area contributed by atoms with Gasteiger partial charge in [0, 0.05) is 10.8 Å². The molecule has 0 amide bonds. The van der Waals surface area contributed by atoms with E-state index in [-0.39, 0.29) is 0 Å². The Kier molecular flexibility index (Phi) is 3.01. The molecule has 0 nitrogen and oxygen atoms in total. The van der Waals surface area contributed by atoms with Crippen LogP contribution in [0.2, 0.25) is 0 Å². The van der Waals surface area contributed by atoms with Gasteiger partial charge in [0.15, 0.2) is 0 Å². The van der Waals surface area contributed by atoms with Gasteiger partial charge in [-0.05, 0) is 60.8 Å². The van der Waals surface area contributed by atoms with Crippen molar-refractivity contribution in [3.63, 3.8) is 0 Å². The van der Waals surface area contributed by atoms with Crippen molar-refractivity contribution in [2.24, 2.45) is 17.3 Å². The third kappa shape index (κ3) is 1.82. The standard InChI is InChI=1S/C14H19ClS/c15-10-14(6-5-13-2-1-7-16-13)9-11-3-4-12(14)8-11/h1-2,7,11-12H,3-6,8-10H2. The van der Waals surface area contributed by atoms with Gasteiger partial charge in [-0.25, -0.2) is 0 Å². The topological polar surface area (TPSA) is 0 Å². The fourth-order valence-corrected chi connectivity index (χ4v) is 5.09. The first kappa shape index (κ1) is 11.1. The number of rotatable bonds is 4. The normalized spacial score (nSPS) is 37.1. The molecule has 2 fully saturated rings. The van der Waals surface area contributed by atoms with Crippen LogP contribution in [0.4, 0.5) is 0 Å². The van der Waals surface area contributed by atoms with E-state index in [1.165, 1.54) is 43.4 Å². The summed E-state index contributed by atoms with van der Waals surface area (Å²) in [6.45, 7) is 0. The summed E-state index contributed by atoms with van der Waals surface area (Å²) in [6, 6.07) is 4.42. The second-order valence-corrected chi connectivity index (χ2v) is 6.95. The van der Waals surface area contributed by atoms with Crippen LogP contribution in [0, 0.1) is 17.3 Å². The Morgan fingerprint density at radius 1 is 1.44 bits per heavy atom. The largest absolute Gasteiger partial charge is 0.149 e. The van der Waals surface area contributed by atoms with Gasteiger partial charge in [-0.15, -0.1) is 22.9 Å². The molecular weight excluding hydrogens is 236 g/mol. The molecule has 2 bridgehead atoms. The molecule has 0 radical (unpaired) electrons. The third-order valence-corrected chi connectivity index (χ3v) is 6.29. The first-order valence-corrected chi connectivity index (χ1v) is 7.82. The highest BCUT2D eigenvalue weighted by Crippen LogP contribution is 2.58. The summed E-state index contributed by atoms with van der Waals surface area (Å²) in [5.74, 6) is 2.83. The van der Waals surface area contributed by atoms with E-state index in [0.29, 0.717) is 5.41 Å². The predicted octanol–water partition coefficient (Wildman–Crippen LogP) is 4.73. The Morgan fingerprint density at radius 2 is 2.38 bits per heavy atom. The number of hydrogen-bond donors (Lipinski definition) is 0. The van der Waals surface area contributed by atoms with Crippen molar-refractivity contribution < 1.29 is 0 Å². The molecule has 3 unspecified atom stereocenters. The average Bonchev–Trinajstić information content (AvgIpc) is 3.02. The summed E-state index contributed by atoms with van der Waals surface area (Å²) in [4.78, 5) is 1.53. The molecular formula is C14H19ClS. The molecule has 88 valence electrons. The number of halogens is 1. The summed E-state index contributed by atoms with van der Waals surface area (Å²) in [6.07, 6.45) is 8.36. The van der Waals surface area contributed by atoms with Crippen molar-refractivity contribution in [1.29, 1.82) is 0 Å². The molecule has 1 aromatic rings. The maximum Gasteiger partial charge on any atom is 0.0282 e. The zero-order valence-corrected chi connectivity index (χ0v) is 11.2. The van der Waals surface area contributed by atoms with Crippen molar-refractivity contribution in [1.82, 2.24) is 0 Å². The van der Waals surface area contributed by atoms with Gasteiger partial charge < -0.3 is 0 Å². The van der Waals surface area contributed by atoms with E-state index in [2.05, 4.69) is 17.5 Å². The van der Waals surface area contributed by atoms with Crippen LogP contribution < -0.4 is 0 Å². The molecule has 2 aliphatic carbocycles. The lowest BCUT2D eigenvalue weighted by Crippen LogP contribution is -2.30. The zero-order valence-electron chi connectivity index (χ0n) is 9.62. The first-order chi connectivity index (χ1) is 7.82. The fraction of sp³-hybridized carbons (Fsp3) is 0.714. The summed E-state index contributed by atoms with van der Waals surface area (Å²) in [5, 5.41) is 2.18.